The van der Waals surface area contributed by atoms with Crippen molar-refractivity contribution >= 4 is 17.5 Å². The molecular weight excluding hydrogens is 390 g/mol. The number of anilines is 1. The van der Waals surface area contributed by atoms with Crippen LogP contribution in [0.25, 0.3) is 11.3 Å². The number of likely N-dealkylation sites (tertiary alicyclic amines) is 1. The molecule has 0 bridgehead atoms. The molecule has 7 nitrogen and oxygen atoms in total. The molecule has 2 saturated heterocycles. The molecule has 1 aromatic heterocycles. The van der Waals surface area contributed by atoms with Gasteiger partial charge >= 0.3 is 0 Å². The molecule has 2 amide bonds. The lowest BCUT2D eigenvalue weighted by atomic mass is 10.0. The zero-order chi connectivity index (χ0) is 21.5. The molecule has 158 valence electrons. The predicted molar refractivity (Wildman–Crippen MR) is 117 cm³/mol. The molecule has 1 atom stereocenters. The second-order valence-electron chi connectivity index (χ2n) is 8.52. The van der Waals surface area contributed by atoms with Crippen molar-refractivity contribution in [2.75, 3.05) is 24.5 Å². The Labute approximate surface area is 181 Å². The van der Waals surface area contributed by atoms with Gasteiger partial charge in [-0.2, -0.15) is 0 Å². The summed E-state index contributed by atoms with van der Waals surface area (Å²) < 4.78 is 1.84. The lowest BCUT2D eigenvalue weighted by molar-refractivity contribution is -0.141. The van der Waals surface area contributed by atoms with Crippen LogP contribution in [0.5, 0.6) is 0 Å². The average molecular weight is 415 g/mol. The molecule has 7 heteroatoms. The predicted octanol–water partition coefficient (Wildman–Crippen LogP) is 3.00. The first kappa shape index (κ1) is 19.5. The van der Waals surface area contributed by atoms with E-state index in [2.05, 4.69) is 17.2 Å². The van der Waals surface area contributed by atoms with Gasteiger partial charge in [-0.05, 0) is 37.1 Å². The Bertz CT molecular complexity index is 1130. The first-order valence-corrected chi connectivity index (χ1v) is 10.6. The highest BCUT2D eigenvalue weighted by atomic mass is 16.2. The number of aryl methyl sites for hydroxylation is 2. The Morgan fingerprint density at radius 3 is 2.52 bits per heavy atom. The molecule has 5 rings (SSSR count). The van der Waals surface area contributed by atoms with E-state index in [9.17, 15) is 9.59 Å². The van der Waals surface area contributed by atoms with Crippen molar-refractivity contribution in [3.05, 3.63) is 65.9 Å². The standard InChI is InChI=1S/C24H25N5O2/c1-16-8-9-20(10-17(16)2)28-12-19(11-23(28)30)24(31)27-13-21(14-27)29-15-22(25-26-29)18-6-4-3-5-7-18/h3-10,15,19,21H,11-14H2,1-2H3/t19-/m0/s1. The van der Waals surface area contributed by atoms with E-state index in [4.69, 9.17) is 0 Å². The van der Waals surface area contributed by atoms with E-state index in [-0.39, 0.29) is 30.2 Å². The molecule has 2 aromatic carbocycles. The van der Waals surface area contributed by atoms with Crippen LogP contribution < -0.4 is 4.90 Å². The molecule has 0 saturated carbocycles. The molecule has 2 aliphatic heterocycles. The van der Waals surface area contributed by atoms with Crippen LogP contribution >= 0.6 is 0 Å². The van der Waals surface area contributed by atoms with Gasteiger partial charge in [-0.25, -0.2) is 4.68 Å². The first-order valence-electron chi connectivity index (χ1n) is 10.6. The lowest BCUT2D eigenvalue weighted by Crippen LogP contribution is -2.53. The Balaban J connectivity index is 1.20. The maximum atomic E-state index is 13.0. The summed E-state index contributed by atoms with van der Waals surface area (Å²) in [7, 11) is 0. The molecule has 3 aromatic rings. The summed E-state index contributed by atoms with van der Waals surface area (Å²) >= 11 is 0. The van der Waals surface area contributed by atoms with Crippen molar-refractivity contribution in [1.82, 2.24) is 19.9 Å². The Morgan fingerprint density at radius 1 is 1.00 bits per heavy atom. The van der Waals surface area contributed by atoms with Crippen LogP contribution in [0.4, 0.5) is 5.69 Å². The van der Waals surface area contributed by atoms with Crippen molar-refractivity contribution in [1.29, 1.82) is 0 Å². The summed E-state index contributed by atoms with van der Waals surface area (Å²) in [6.45, 7) is 5.74. The molecule has 31 heavy (non-hydrogen) atoms. The lowest BCUT2D eigenvalue weighted by Gasteiger charge is -2.40. The zero-order valence-corrected chi connectivity index (χ0v) is 17.7. The normalized spacial score (nSPS) is 19.0. The monoisotopic (exact) mass is 415 g/mol. The second-order valence-corrected chi connectivity index (χ2v) is 8.52. The van der Waals surface area contributed by atoms with Crippen molar-refractivity contribution in [2.45, 2.75) is 26.3 Å². The average Bonchev–Trinajstić information content (AvgIpc) is 3.37. The van der Waals surface area contributed by atoms with Gasteiger partial charge < -0.3 is 9.80 Å². The number of aromatic nitrogens is 3. The van der Waals surface area contributed by atoms with Crippen LogP contribution in [-0.4, -0.2) is 51.3 Å². The molecule has 0 N–H and O–H groups in total. The van der Waals surface area contributed by atoms with E-state index in [0.717, 1.165) is 22.5 Å². The number of hydrogen-bond donors (Lipinski definition) is 0. The highest BCUT2D eigenvalue weighted by Gasteiger charge is 2.41. The zero-order valence-electron chi connectivity index (χ0n) is 17.7. The first-order chi connectivity index (χ1) is 15.0. The van der Waals surface area contributed by atoms with Gasteiger partial charge in [0.2, 0.25) is 11.8 Å². The third kappa shape index (κ3) is 3.60. The molecule has 0 radical (unpaired) electrons. The summed E-state index contributed by atoms with van der Waals surface area (Å²) in [4.78, 5) is 29.1. The van der Waals surface area contributed by atoms with Crippen LogP contribution in [-0.2, 0) is 9.59 Å². The molecule has 0 spiro atoms. The second kappa shape index (κ2) is 7.65. The minimum atomic E-state index is -0.286. The van der Waals surface area contributed by atoms with Crippen molar-refractivity contribution in [2.24, 2.45) is 5.92 Å². The third-order valence-corrected chi connectivity index (χ3v) is 6.40. The molecule has 0 aliphatic carbocycles. The van der Waals surface area contributed by atoms with E-state index >= 15 is 0 Å². The van der Waals surface area contributed by atoms with Gasteiger partial charge in [0.15, 0.2) is 0 Å². The minimum absolute atomic E-state index is 0.0162. The molecule has 0 unspecified atom stereocenters. The molecule has 2 fully saturated rings. The molecule has 2 aliphatic rings. The third-order valence-electron chi connectivity index (χ3n) is 6.40. The van der Waals surface area contributed by atoms with E-state index < -0.39 is 0 Å². The van der Waals surface area contributed by atoms with Gasteiger partial charge in [0, 0.05) is 37.3 Å². The number of nitrogens with zero attached hydrogens (tertiary/aromatic N) is 5. The number of benzene rings is 2. The van der Waals surface area contributed by atoms with E-state index in [1.807, 2.05) is 71.2 Å². The van der Waals surface area contributed by atoms with Gasteiger partial charge in [-0.1, -0.05) is 41.6 Å². The summed E-state index contributed by atoms with van der Waals surface area (Å²) in [6.07, 6.45) is 2.21. The number of carbonyl (C=O) groups is 2. The van der Waals surface area contributed by atoms with Crippen molar-refractivity contribution in [3.63, 3.8) is 0 Å². The maximum absolute atomic E-state index is 13.0. The summed E-state index contributed by atoms with van der Waals surface area (Å²) in [5.41, 5.74) is 5.07. The molecule has 3 heterocycles. The number of amides is 2. The fourth-order valence-electron chi connectivity index (χ4n) is 4.27. The maximum Gasteiger partial charge on any atom is 0.228 e. The van der Waals surface area contributed by atoms with E-state index in [1.165, 1.54) is 5.56 Å². The van der Waals surface area contributed by atoms with Gasteiger partial charge in [0.05, 0.1) is 18.2 Å². The summed E-state index contributed by atoms with van der Waals surface area (Å²) in [6, 6.07) is 16.1. The van der Waals surface area contributed by atoms with Crippen LogP contribution in [0.3, 0.4) is 0 Å². The molecular formula is C24H25N5O2. The Kier molecular flexibility index (Phi) is 4.81. The van der Waals surface area contributed by atoms with Gasteiger partial charge in [-0.3, -0.25) is 9.59 Å². The fraction of sp³-hybridized carbons (Fsp3) is 0.333. The van der Waals surface area contributed by atoms with E-state index in [1.54, 1.807) is 4.90 Å². The van der Waals surface area contributed by atoms with E-state index in [0.29, 0.717) is 19.6 Å². The summed E-state index contributed by atoms with van der Waals surface area (Å²) in [5, 5.41) is 8.51. The fourth-order valence-corrected chi connectivity index (χ4v) is 4.27. The Hall–Kier alpha value is -3.48. The summed E-state index contributed by atoms with van der Waals surface area (Å²) in [5.74, 6) is -0.215. The minimum Gasteiger partial charge on any atom is -0.338 e. The quantitative estimate of drug-likeness (QED) is 0.657. The SMILES string of the molecule is Cc1ccc(N2C[C@@H](C(=O)N3CC(n4cc(-c5ccccc5)nn4)C3)CC2=O)cc1C. The van der Waals surface area contributed by atoms with Crippen LogP contribution in [0.2, 0.25) is 0 Å². The largest absolute Gasteiger partial charge is 0.338 e. The van der Waals surface area contributed by atoms with Crippen LogP contribution in [0.15, 0.2) is 54.7 Å². The van der Waals surface area contributed by atoms with Gasteiger partial charge in [0.25, 0.3) is 0 Å². The van der Waals surface area contributed by atoms with Crippen LogP contribution in [0, 0.1) is 19.8 Å². The van der Waals surface area contributed by atoms with Gasteiger partial charge in [0.1, 0.15) is 5.69 Å². The van der Waals surface area contributed by atoms with Crippen LogP contribution in [0.1, 0.15) is 23.6 Å². The van der Waals surface area contributed by atoms with Crippen molar-refractivity contribution < 1.29 is 9.59 Å². The Morgan fingerprint density at radius 2 is 1.77 bits per heavy atom. The number of rotatable bonds is 4. The topological polar surface area (TPSA) is 71.3 Å². The van der Waals surface area contributed by atoms with Gasteiger partial charge in [-0.15, -0.1) is 5.10 Å². The number of carbonyl (C=O) groups excluding carboxylic acids is 2. The highest BCUT2D eigenvalue weighted by molar-refractivity contribution is 6.00. The van der Waals surface area contributed by atoms with Crippen molar-refractivity contribution in [3.8, 4) is 11.3 Å². The number of hydrogen-bond acceptors (Lipinski definition) is 4. The smallest absolute Gasteiger partial charge is 0.228 e. The highest BCUT2D eigenvalue weighted by Crippen LogP contribution is 2.31.